The highest BCUT2D eigenvalue weighted by atomic mass is 35.5. The topological polar surface area (TPSA) is 61.9 Å². The van der Waals surface area contributed by atoms with Gasteiger partial charge in [0.05, 0.1) is 0 Å². The summed E-state index contributed by atoms with van der Waals surface area (Å²) in [5, 5.41) is 3.46. The zero-order valence-corrected chi connectivity index (χ0v) is 22.6. The minimum atomic E-state index is -1.01. The van der Waals surface area contributed by atoms with Crippen LogP contribution in [0.2, 0.25) is 0 Å². The molecule has 0 radical (unpaired) electrons. The molecule has 3 aromatic carbocycles. The first kappa shape index (κ1) is 27.6. The molecule has 4 rings (SSSR count). The zero-order chi connectivity index (χ0) is 27.2. The number of halogens is 2. The number of hydrogen-bond donors (Lipinski definition) is 1. The van der Waals surface area contributed by atoms with Gasteiger partial charge in [-0.1, -0.05) is 44.2 Å². The normalized spacial score (nSPS) is 16.3. The van der Waals surface area contributed by atoms with Crippen LogP contribution >= 0.6 is 11.6 Å². The van der Waals surface area contributed by atoms with E-state index in [-0.39, 0.29) is 17.8 Å². The number of para-hydroxylation sites is 1. The summed E-state index contributed by atoms with van der Waals surface area (Å²) in [4.78, 5) is 30.8. The second kappa shape index (κ2) is 12.4. The number of hydrogen-bond acceptors (Lipinski definition) is 4. The van der Waals surface area contributed by atoms with Crippen LogP contribution in [0.4, 0.5) is 10.1 Å². The first-order chi connectivity index (χ1) is 18.3. The van der Waals surface area contributed by atoms with Gasteiger partial charge in [0.2, 0.25) is 5.91 Å². The van der Waals surface area contributed by atoms with E-state index < -0.39 is 17.8 Å². The van der Waals surface area contributed by atoms with Gasteiger partial charge < -0.3 is 15.0 Å². The first-order valence-corrected chi connectivity index (χ1v) is 13.3. The van der Waals surface area contributed by atoms with Crippen molar-refractivity contribution in [2.75, 3.05) is 30.4 Å². The summed E-state index contributed by atoms with van der Waals surface area (Å²) in [5.41, 5.74) is 1.78. The minimum Gasteiger partial charge on any atom is -0.457 e. The van der Waals surface area contributed by atoms with Crippen molar-refractivity contribution in [3.05, 3.63) is 89.7 Å². The third-order valence-corrected chi connectivity index (χ3v) is 7.02. The van der Waals surface area contributed by atoms with Crippen LogP contribution in [0.25, 0.3) is 0 Å². The summed E-state index contributed by atoms with van der Waals surface area (Å²) in [6, 6.07) is 19.6. The molecular weight excluding hydrogens is 505 g/mol. The Labute approximate surface area is 228 Å². The Morgan fingerprint density at radius 3 is 2.42 bits per heavy atom. The molecule has 2 atom stereocenters. The predicted molar refractivity (Wildman–Crippen MR) is 148 cm³/mol. The molecule has 1 fully saturated rings. The van der Waals surface area contributed by atoms with E-state index >= 15 is 0 Å². The first-order valence-electron chi connectivity index (χ1n) is 12.8. The number of nitrogens with zero attached hydrogens (tertiary/aromatic N) is 2. The average molecular weight is 538 g/mol. The fraction of sp³-hybridized carbons (Fsp3) is 0.333. The van der Waals surface area contributed by atoms with E-state index in [0.717, 1.165) is 5.56 Å². The molecule has 1 aliphatic heterocycles. The molecule has 0 bridgehead atoms. The largest absolute Gasteiger partial charge is 0.457 e. The van der Waals surface area contributed by atoms with Crippen molar-refractivity contribution < 1.29 is 18.7 Å². The van der Waals surface area contributed by atoms with E-state index in [1.165, 1.54) is 17.0 Å². The highest BCUT2D eigenvalue weighted by molar-refractivity contribution is 6.30. The van der Waals surface area contributed by atoms with Crippen LogP contribution in [0.5, 0.6) is 11.5 Å². The molecule has 200 valence electrons. The number of ether oxygens (including phenoxy) is 1. The molecule has 1 unspecified atom stereocenters. The summed E-state index contributed by atoms with van der Waals surface area (Å²) in [5.74, 6) is 0.220. The van der Waals surface area contributed by atoms with Crippen LogP contribution in [0.3, 0.4) is 0 Å². The number of piperazine rings is 1. The standard InChI is InChI=1S/C30H33ClFN3O3/c1-20(2)26-19-34(16-15-33-26)30(37)29(22-9-11-23(32)12-10-22)35(28(36)18-31)27-14-13-25(17-21(27)3)38-24-7-5-4-6-8-24/h4-14,17,20,26,29,33H,15-16,18-19H2,1-3H3/t26-,29?/m0/s1. The second-order valence-corrected chi connectivity index (χ2v) is 10.1. The maximum Gasteiger partial charge on any atom is 0.250 e. The molecule has 1 heterocycles. The lowest BCUT2D eigenvalue weighted by Gasteiger charge is -2.40. The van der Waals surface area contributed by atoms with Crippen molar-refractivity contribution in [2.24, 2.45) is 5.92 Å². The molecule has 8 heteroatoms. The van der Waals surface area contributed by atoms with Gasteiger partial charge in [-0.15, -0.1) is 11.6 Å². The maximum atomic E-state index is 14.1. The molecule has 0 aromatic heterocycles. The summed E-state index contributed by atoms with van der Waals surface area (Å²) in [6.07, 6.45) is 0. The Morgan fingerprint density at radius 2 is 1.79 bits per heavy atom. The molecule has 0 saturated carbocycles. The number of benzene rings is 3. The lowest BCUT2D eigenvalue weighted by molar-refractivity contribution is -0.135. The van der Waals surface area contributed by atoms with E-state index in [9.17, 15) is 14.0 Å². The molecule has 0 aliphatic carbocycles. The van der Waals surface area contributed by atoms with Crippen molar-refractivity contribution in [2.45, 2.75) is 32.9 Å². The number of nitrogens with one attached hydrogen (secondary N) is 1. The third kappa shape index (κ3) is 6.34. The van der Waals surface area contributed by atoms with Crippen LogP contribution in [0.1, 0.15) is 31.0 Å². The van der Waals surface area contributed by atoms with Crippen molar-refractivity contribution in [1.29, 1.82) is 0 Å². The average Bonchev–Trinajstić information content (AvgIpc) is 2.93. The van der Waals surface area contributed by atoms with E-state index in [0.29, 0.717) is 48.3 Å². The molecular formula is C30H33ClFN3O3. The minimum absolute atomic E-state index is 0.134. The van der Waals surface area contributed by atoms with Crippen molar-refractivity contribution >= 4 is 29.1 Å². The second-order valence-electron chi connectivity index (χ2n) is 9.80. The summed E-state index contributed by atoms with van der Waals surface area (Å²) < 4.78 is 19.8. The Bertz CT molecular complexity index is 1250. The Balaban J connectivity index is 1.74. The van der Waals surface area contributed by atoms with Gasteiger partial charge in [0.15, 0.2) is 0 Å². The Hall–Kier alpha value is -3.42. The molecule has 3 aromatic rings. The highest BCUT2D eigenvalue weighted by Crippen LogP contribution is 2.35. The van der Waals surface area contributed by atoms with Gasteiger partial charge in [0, 0.05) is 31.4 Å². The number of amides is 2. The number of aryl methyl sites for hydroxylation is 1. The van der Waals surface area contributed by atoms with Crippen LogP contribution in [0, 0.1) is 18.7 Å². The van der Waals surface area contributed by atoms with Gasteiger partial charge in [0.1, 0.15) is 29.2 Å². The van der Waals surface area contributed by atoms with Gasteiger partial charge in [0.25, 0.3) is 5.91 Å². The third-order valence-electron chi connectivity index (χ3n) is 6.79. The quantitative estimate of drug-likeness (QED) is 0.375. The number of carbonyl (C=O) groups is 2. The smallest absolute Gasteiger partial charge is 0.250 e. The van der Waals surface area contributed by atoms with Crippen LogP contribution in [0.15, 0.2) is 72.8 Å². The maximum absolute atomic E-state index is 14.1. The van der Waals surface area contributed by atoms with Gasteiger partial charge in [-0.2, -0.15) is 0 Å². The number of alkyl halides is 1. The molecule has 38 heavy (non-hydrogen) atoms. The van der Waals surface area contributed by atoms with Crippen LogP contribution in [-0.2, 0) is 9.59 Å². The highest BCUT2D eigenvalue weighted by Gasteiger charge is 2.37. The monoisotopic (exact) mass is 537 g/mol. The van der Waals surface area contributed by atoms with Crippen molar-refractivity contribution in [3.8, 4) is 11.5 Å². The van der Waals surface area contributed by atoms with Gasteiger partial charge >= 0.3 is 0 Å². The number of rotatable bonds is 8. The molecule has 0 spiro atoms. The Morgan fingerprint density at radius 1 is 1.08 bits per heavy atom. The molecule has 1 aliphatic rings. The number of anilines is 1. The predicted octanol–water partition coefficient (Wildman–Crippen LogP) is 5.70. The number of carbonyl (C=O) groups excluding carboxylic acids is 2. The SMILES string of the molecule is Cc1cc(Oc2ccccc2)ccc1N(C(=O)CCl)C(C(=O)N1CCN[C@H](C(C)C)C1)c1ccc(F)cc1. The Kier molecular flexibility index (Phi) is 9.02. The molecule has 1 saturated heterocycles. The fourth-order valence-electron chi connectivity index (χ4n) is 4.71. The lowest BCUT2D eigenvalue weighted by Crippen LogP contribution is -2.57. The van der Waals surface area contributed by atoms with Crippen LogP contribution in [-0.4, -0.2) is 48.3 Å². The summed E-state index contributed by atoms with van der Waals surface area (Å²) in [7, 11) is 0. The fourth-order valence-corrected chi connectivity index (χ4v) is 4.84. The molecule has 1 N–H and O–H groups in total. The molecule has 6 nitrogen and oxygen atoms in total. The zero-order valence-electron chi connectivity index (χ0n) is 21.9. The molecule has 2 amide bonds. The summed E-state index contributed by atoms with van der Waals surface area (Å²) in [6.45, 7) is 7.74. The van der Waals surface area contributed by atoms with E-state index in [1.807, 2.05) is 43.3 Å². The van der Waals surface area contributed by atoms with E-state index in [4.69, 9.17) is 16.3 Å². The van der Waals surface area contributed by atoms with Crippen molar-refractivity contribution in [3.63, 3.8) is 0 Å². The van der Waals surface area contributed by atoms with Crippen molar-refractivity contribution in [1.82, 2.24) is 10.2 Å². The van der Waals surface area contributed by atoms with E-state index in [2.05, 4.69) is 19.2 Å². The lowest BCUT2D eigenvalue weighted by atomic mass is 9.98. The van der Waals surface area contributed by atoms with E-state index in [1.54, 1.807) is 29.2 Å². The van der Waals surface area contributed by atoms with Gasteiger partial charge in [-0.3, -0.25) is 14.5 Å². The summed E-state index contributed by atoms with van der Waals surface area (Å²) >= 11 is 6.09. The van der Waals surface area contributed by atoms with Gasteiger partial charge in [-0.25, -0.2) is 4.39 Å². The van der Waals surface area contributed by atoms with Gasteiger partial charge in [-0.05, 0) is 66.4 Å². The van der Waals surface area contributed by atoms with Crippen LogP contribution < -0.4 is 15.0 Å².